The summed E-state index contributed by atoms with van der Waals surface area (Å²) in [6.07, 6.45) is 0. The van der Waals surface area contributed by atoms with Crippen LogP contribution in [-0.2, 0) is 16.2 Å². The molecule has 0 radical (unpaired) electrons. The fourth-order valence-electron chi connectivity index (χ4n) is 23.8. The lowest BCUT2D eigenvalue weighted by atomic mass is 9.79. The monoisotopic (exact) mass is 1880 g/mol. The Morgan fingerprint density at radius 1 is 0.163 bits per heavy atom. The van der Waals surface area contributed by atoms with Gasteiger partial charge in [0.05, 0.1) is 0 Å². The third-order valence-electron chi connectivity index (χ3n) is 31.3. The molecule has 0 saturated carbocycles. The summed E-state index contributed by atoms with van der Waals surface area (Å²) in [5.41, 5.74) is 47.3. The van der Waals surface area contributed by atoms with Crippen LogP contribution in [0.3, 0.4) is 0 Å². The second kappa shape index (κ2) is 35.1. The lowest BCUT2D eigenvalue weighted by molar-refractivity contribution is 0.619. The molecule has 0 bridgehead atoms. The van der Waals surface area contributed by atoms with Crippen LogP contribution in [0.4, 0.5) is 51.2 Å². The van der Waals surface area contributed by atoms with Crippen LogP contribution in [0, 0.1) is 0 Å². The van der Waals surface area contributed by atoms with E-state index in [-0.39, 0.29) is 16.2 Å². The van der Waals surface area contributed by atoms with Crippen LogP contribution in [-0.4, -0.2) is 0 Å². The first-order valence-electron chi connectivity index (χ1n) is 51.0. The third-order valence-corrected chi connectivity index (χ3v) is 31.3. The number of nitrogens with zero attached hydrogens (tertiary/aromatic N) is 3. The van der Waals surface area contributed by atoms with E-state index in [4.69, 9.17) is 13.3 Å². The average molecular weight is 1890 g/mol. The number of benzene rings is 21. The van der Waals surface area contributed by atoms with Crippen LogP contribution < -0.4 is 14.7 Å². The maximum Gasteiger partial charge on any atom is 0.142 e. The molecule has 27 rings (SSSR count). The minimum absolute atomic E-state index is 0.342. The largest absolute Gasteiger partial charge is 0.456 e. The van der Waals surface area contributed by atoms with Crippen molar-refractivity contribution >= 4 is 84.1 Å². The molecular weight excluding hydrogens is 1780 g/mol. The van der Waals surface area contributed by atoms with Gasteiger partial charge in [-0.1, -0.05) is 399 Å². The summed E-state index contributed by atoms with van der Waals surface area (Å²) in [4.78, 5) is 7.08. The van der Waals surface area contributed by atoms with Gasteiger partial charge in [-0.2, -0.15) is 0 Å². The van der Waals surface area contributed by atoms with Crippen LogP contribution in [0.5, 0.6) is 0 Å². The van der Waals surface area contributed by atoms with Crippen LogP contribution in [0.15, 0.2) is 517 Å². The van der Waals surface area contributed by atoms with Crippen LogP contribution in [0.1, 0.15) is 74.9 Å². The number of hydrogen-bond donors (Lipinski definition) is 0. The first kappa shape index (κ1) is 87.6. The summed E-state index contributed by atoms with van der Waals surface area (Å²) < 4.78 is 21.7. The highest BCUT2D eigenvalue weighted by Gasteiger charge is 2.46. The van der Waals surface area contributed by atoms with Gasteiger partial charge in [-0.05, 0) is 279 Å². The lowest BCUT2D eigenvalue weighted by Crippen LogP contribution is -2.15. The van der Waals surface area contributed by atoms with E-state index >= 15 is 0 Å². The summed E-state index contributed by atoms with van der Waals surface area (Å²) in [5, 5.41) is 3.38. The van der Waals surface area contributed by atoms with Crippen LogP contribution in [0.25, 0.3) is 189 Å². The van der Waals surface area contributed by atoms with E-state index in [1.54, 1.807) is 0 Å². The van der Waals surface area contributed by atoms with Gasteiger partial charge in [0, 0.05) is 123 Å². The normalized spacial score (nSPS) is 13.1. The SMILES string of the molecule is CC1(C)c2cccc(-c3ccc(N(c4ccc(-c5ccccc5)cc4)c4ccc(-c5ccccc5)cc4)cc3)c2-c2oc3ccc(-c4cccc(-c5ccc(N(c6ccc(-c7ccccc7)cc6)c6ccc(-c7ccc8c(c7)-c7oc9cccc(-c%10cccc%11c%12c(oc%10%11)-c%10ccc(-c%11ccc(N(c%13ccc(-c%14ccccc%14)cc%13)c%13ccc(-c%14ccccc%14)cc%13)cc%11)cc%10C%12(C)C)c9c7C8(C)C)cc6)cc5)c4)cc3c21. The first-order valence-corrected chi connectivity index (χ1v) is 51.0. The van der Waals surface area contributed by atoms with E-state index in [0.717, 1.165) is 190 Å². The molecule has 3 heterocycles. The van der Waals surface area contributed by atoms with Crippen molar-refractivity contribution in [1.82, 2.24) is 0 Å². The summed E-state index contributed by atoms with van der Waals surface area (Å²) >= 11 is 0. The molecule has 21 aromatic carbocycles. The highest BCUT2D eigenvalue weighted by molar-refractivity contribution is 6.11. The molecular formula is C141H101N3O3. The Balaban J connectivity index is 0.461. The Morgan fingerprint density at radius 3 is 0.905 bits per heavy atom. The second-order valence-electron chi connectivity index (χ2n) is 41.0. The maximum atomic E-state index is 7.37. The van der Waals surface area contributed by atoms with Crippen molar-refractivity contribution in [3.05, 3.63) is 537 Å². The Labute approximate surface area is 857 Å². The molecule has 3 aromatic heterocycles. The first-order chi connectivity index (χ1) is 72.1. The molecule has 698 valence electrons. The quantitative estimate of drug-likeness (QED) is 0.0758. The highest BCUT2D eigenvalue weighted by atomic mass is 16.3. The van der Waals surface area contributed by atoms with E-state index in [9.17, 15) is 0 Å². The van der Waals surface area contributed by atoms with Crippen molar-refractivity contribution < 1.29 is 13.3 Å². The van der Waals surface area contributed by atoms with E-state index in [1.807, 2.05) is 0 Å². The molecule has 3 aliphatic carbocycles. The summed E-state index contributed by atoms with van der Waals surface area (Å²) in [7, 11) is 0. The van der Waals surface area contributed by atoms with E-state index in [2.05, 4.69) is 560 Å². The molecule has 3 aliphatic rings. The number of para-hydroxylation sites is 1. The highest BCUT2D eigenvalue weighted by Crippen LogP contribution is 2.61. The van der Waals surface area contributed by atoms with Gasteiger partial charge < -0.3 is 28.0 Å². The topological polar surface area (TPSA) is 49.1 Å². The van der Waals surface area contributed by atoms with Crippen molar-refractivity contribution in [2.24, 2.45) is 0 Å². The van der Waals surface area contributed by atoms with Gasteiger partial charge >= 0.3 is 0 Å². The lowest BCUT2D eigenvalue weighted by Gasteiger charge is -2.26. The molecule has 147 heavy (non-hydrogen) atoms. The van der Waals surface area contributed by atoms with Crippen molar-refractivity contribution in [3.63, 3.8) is 0 Å². The van der Waals surface area contributed by atoms with E-state index < -0.39 is 0 Å². The number of fused-ring (bicyclic) bond motifs is 15. The summed E-state index contributed by atoms with van der Waals surface area (Å²) in [6.45, 7) is 14.1. The smallest absolute Gasteiger partial charge is 0.142 e. The van der Waals surface area contributed by atoms with Gasteiger partial charge in [0.1, 0.15) is 34.0 Å². The minimum atomic E-state index is -0.389. The van der Waals surface area contributed by atoms with Crippen LogP contribution in [0.2, 0.25) is 0 Å². The zero-order valence-corrected chi connectivity index (χ0v) is 82.5. The standard InChI is InChI=1S/C141H101N3O3/c1-139(2)125-84-63-106(87-123(125)137-134(139)131-119(39-25-43-129(131)146-137)120-40-23-41-122-132-136(147-135(120)122)121-83-62-108(89-127(121)141(132,5)6)102-58-79-116(80-59-102)142(109-65-44-95(45-66-109)90-26-12-7-13-27-90)110-67-46-96(47-68-110)91-28-14-8-15-29-91)101-56-77-115(78-57-101)143(111-69-48-97(49-70-111)92-30-16-9-17-31-92)114-75-54-100(55-76-114)104-36-22-37-105(86-104)107-64-85-128-124(88-107)133-138(145-128)130-118(38-24-42-126(130)140(133,3)4)103-60-81-117(82-61-103)144(112-71-50-98(51-72-112)93-32-18-10-19-33-93)113-73-52-99(53-74-113)94-34-20-11-21-35-94/h7-89H,1-6H3. The Bertz CT molecular complexity index is 9020. The maximum absolute atomic E-state index is 7.37. The molecule has 0 amide bonds. The van der Waals surface area contributed by atoms with Gasteiger partial charge in [-0.25, -0.2) is 0 Å². The Hall–Kier alpha value is -18.4. The average Bonchev–Trinajstić information content (AvgIpc) is 1.54. The van der Waals surface area contributed by atoms with Gasteiger partial charge in [0.25, 0.3) is 0 Å². The third kappa shape index (κ3) is 15.0. The number of furan rings is 3. The zero-order chi connectivity index (χ0) is 98.3. The fourth-order valence-corrected chi connectivity index (χ4v) is 23.8. The number of rotatable bonds is 20. The Kier molecular flexibility index (Phi) is 20.9. The second-order valence-corrected chi connectivity index (χ2v) is 41.0. The van der Waals surface area contributed by atoms with Crippen molar-refractivity contribution in [1.29, 1.82) is 0 Å². The molecule has 6 heteroatoms. The predicted molar refractivity (Wildman–Crippen MR) is 612 cm³/mol. The van der Waals surface area contributed by atoms with Gasteiger partial charge in [-0.3, -0.25) is 0 Å². The molecule has 0 unspecified atom stereocenters. The van der Waals surface area contributed by atoms with Crippen molar-refractivity contribution in [2.45, 2.75) is 57.8 Å². The van der Waals surface area contributed by atoms with E-state index in [0.29, 0.717) is 0 Å². The van der Waals surface area contributed by atoms with Gasteiger partial charge in [0.15, 0.2) is 0 Å². The molecule has 0 atom stereocenters. The molecule has 0 saturated heterocycles. The molecule has 6 nitrogen and oxygen atoms in total. The van der Waals surface area contributed by atoms with Gasteiger partial charge in [-0.15, -0.1) is 0 Å². The number of hydrogen-bond acceptors (Lipinski definition) is 6. The van der Waals surface area contributed by atoms with Crippen molar-refractivity contribution in [2.75, 3.05) is 14.7 Å². The molecule has 0 aliphatic heterocycles. The molecule has 0 N–H and O–H groups in total. The van der Waals surface area contributed by atoms with Crippen molar-refractivity contribution in [3.8, 4) is 156 Å². The molecule has 0 fully saturated rings. The minimum Gasteiger partial charge on any atom is -0.456 e. The Morgan fingerprint density at radius 2 is 0.463 bits per heavy atom. The predicted octanol–water partition coefficient (Wildman–Crippen LogP) is 39.6. The zero-order valence-electron chi connectivity index (χ0n) is 82.5. The molecule has 0 spiro atoms. The fraction of sp³-hybridized carbons (Fsp3) is 0.0638. The van der Waals surface area contributed by atoms with Crippen LogP contribution >= 0.6 is 0 Å². The molecule has 24 aromatic rings. The number of anilines is 9. The van der Waals surface area contributed by atoms with Gasteiger partial charge in [0.2, 0.25) is 0 Å². The summed E-state index contributed by atoms with van der Waals surface area (Å²) in [5.74, 6) is 2.80. The van der Waals surface area contributed by atoms with E-state index in [1.165, 1.54) is 83.5 Å². The summed E-state index contributed by atoms with van der Waals surface area (Å²) in [6, 6.07) is 184.